The van der Waals surface area contributed by atoms with E-state index in [0.717, 1.165) is 16.5 Å². The van der Waals surface area contributed by atoms with E-state index in [9.17, 15) is 9.59 Å². The zero-order chi connectivity index (χ0) is 19.9. The highest BCUT2D eigenvalue weighted by Gasteiger charge is 2.11. The van der Waals surface area contributed by atoms with Crippen LogP contribution in [0.1, 0.15) is 11.3 Å². The highest BCUT2D eigenvalue weighted by molar-refractivity contribution is 6.30. The number of ether oxygens (including phenoxy) is 1. The molecule has 2 aromatic carbocycles. The number of hydrogen-bond acceptors (Lipinski definition) is 4. The van der Waals surface area contributed by atoms with Gasteiger partial charge in [-0.05, 0) is 35.9 Å². The Hall–Kier alpha value is -3.18. The van der Waals surface area contributed by atoms with Crippen molar-refractivity contribution < 1.29 is 14.3 Å². The van der Waals surface area contributed by atoms with Crippen molar-refractivity contribution in [3.8, 4) is 0 Å². The van der Waals surface area contributed by atoms with Crippen LogP contribution >= 0.6 is 11.6 Å². The smallest absolute Gasteiger partial charge is 0.331 e. The van der Waals surface area contributed by atoms with E-state index in [0.29, 0.717) is 17.3 Å². The van der Waals surface area contributed by atoms with Gasteiger partial charge in [-0.15, -0.1) is 0 Å². The van der Waals surface area contributed by atoms with Gasteiger partial charge in [-0.25, -0.2) is 9.78 Å². The summed E-state index contributed by atoms with van der Waals surface area (Å²) in [6.45, 7) is 0.0547. The number of carbonyl (C=O) groups excluding carboxylic acids is 2. The molecular weight excluding hydrogens is 376 g/mol. The van der Waals surface area contributed by atoms with Gasteiger partial charge in [-0.3, -0.25) is 4.79 Å². The predicted molar refractivity (Wildman–Crippen MR) is 110 cm³/mol. The van der Waals surface area contributed by atoms with Gasteiger partial charge in [-0.2, -0.15) is 0 Å². The molecule has 0 fully saturated rings. The van der Waals surface area contributed by atoms with Crippen LogP contribution in [0.4, 0.5) is 0 Å². The molecule has 5 nitrogen and oxygen atoms in total. The summed E-state index contributed by atoms with van der Waals surface area (Å²) in [4.78, 5) is 29.9. The molecule has 142 valence electrons. The summed E-state index contributed by atoms with van der Waals surface area (Å²) >= 11 is 5.94. The third kappa shape index (κ3) is 5.41. The standard InChI is InChI=1S/C22H19ClN2O3/c1-25(14-16-5-4-7-18(23)13-16)21(26)15-28-22(27)12-11-19-10-9-17-6-2-3-8-20(17)24-19/h2-13H,14-15H2,1H3/b12-11+. The van der Waals surface area contributed by atoms with Crippen LogP contribution in [0.5, 0.6) is 0 Å². The number of benzene rings is 2. The molecule has 0 radical (unpaired) electrons. The molecule has 0 saturated carbocycles. The molecule has 0 bridgehead atoms. The second kappa shape index (κ2) is 9.15. The summed E-state index contributed by atoms with van der Waals surface area (Å²) in [6, 6.07) is 18.7. The molecular formula is C22H19ClN2O3. The average Bonchev–Trinajstić information content (AvgIpc) is 2.70. The van der Waals surface area contributed by atoms with E-state index in [-0.39, 0.29) is 12.5 Å². The molecule has 0 N–H and O–H groups in total. The van der Waals surface area contributed by atoms with Crippen LogP contribution in [0.25, 0.3) is 17.0 Å². The van der Waals surface area contributed by atoms with Crippen LogP contribution in [-0.2, 0) is 20.9 Å². The second-order valence-corrected chi connectivity index (χ2v) is 6.69. The fourth-order valence-corrected chi connectivity index (χ4v) is 2.83. The lowest BCUT2D eigenvalue weighted by Gasteiger charge is -2.17. The van der Waals surface area contributed by atoms with Crippen molar-refractivity contribution in [2.45, 2.75) is 6.54 Å². The van der Waals surface area contributed by atoms with Crippen molar-refractivity contribution in [2.75, 3.05) is 13.7 Å². The lowest BCUT2D eigenvalue weighted by Crippen LogP contribution is -2.30. The molecule has 3 rings (SSSR count). The quantitative estimate of drug-likeness (QED) is 0.466. The summed E-state index contributed by atoms with van der Waals surface area (Å²) in [7, 11) is 1.64. The second-order valence-electron chi connectivity index (χ2n) is 6.25. The summed E-state index contributed by atoms with van der Waals surface area (Å²) in [5.74, 6) is -0.898. The maximum Gasteiger partial charge on any atom is 0.331 e. The van der Waals surface area contributed by atoms with E-state index in [2.05, 4.69) is 4.98 Å². The van der Waals surface area contributed by atoms with Crippen molar-refractivity contribution in [1.29, 1.82) is 0 Å². The molecule has 0 unspecified atom stereocenters. The topological polar surface area (TPSA) is 59.5 Å². The van der Waals surface area contributed by atoms with Crippen molar-refractivity contribution in [3.63, 3.8) is 0 Å². The molecule has 3 aromatic rings. The zero-order valence-corrected chi connectivity index (χ0v) is 16.1. The first-order valence-electron chi connectivity index (χ1n) is 8.70. The average molecular weight is 395 g/mol. The largest absolute Gasteiger partial charge is 0.452 e. The third-order valence-electron chi connectivity index (χ3n) is 4.08. The lowest BCUT2D eigenvalue weighted by atomic mass is 10.2. The SMILES string of the molecule is CN(Cc1cccc(Cl)c1)C(=O)COC(=O)/C=C/c1ccc2ccccc2n1. The summed E-state index contributed by atoms with van der Waals surface area (Å²) in [6.07, 6.45) is 2.83. The first-order valence-corrected chi connectivity index (χ1v) is 9.08. The van der Waals surface area contributed by atoms with Crippen LogP contribution in [-0.4, -0.2) is 35.4 Å². The van der Waals surface area contributed by atoms with E-state index in [1.807, 2.05) is 48.5 Å². The summed E-state index contributed by atoms with van der Waals surface area (Å²) in [5.41, 5.74) is 2.38. The third-order valence-corrected chi connectivity index (χ3v) is 4.32. The van der Waals surface area contributed by atoms with Gasteiger partial charge in [-0.1, -0.05) is 48.0 Å². The number of esters is 1. The Morgan fingerprint density at radius 1 is 1.11 bits per heavy atom. The highest BCUT2D eigenvalue weighted by Crippen LogP contribution is 2.13. The number of rotatable bonds is 6. The predicted octanol–water partition coefficient (Wildman–Crippen LogP) is 4.10. The molecule has 1 amide bonds. The minimum Gasteiger partial charge on any atom is -0.452 e. The Labute approximate surface area is 168 Å². The molecule has 0 atom stereocenters. The first kappa shape index (κ1) is 19.6. The van der Waals surface area contributed by atoms with Gasteiger partial charge in [0.05, 0.1) is 11.2 Å². The van der Waals surface area contributed by atoms with Crippen LogP contribution in [0.15, 0.2) is 66.7 Å². The molecule has 0 aliphatic carbocycles. The van der Waals surface area contributed by atoms with E-state index in [4.69, 9.17) is 16.3 Å². The number of hydrogen-bond donors (Lipinski definition) is 0. The van der Waals surface area contributed by atoms with Gasteiger partial charge in [0.2, 0.25) is 0 Å². The maximum atomic E-state index is 12.1. The van der Waals surface area contributed by atoms with Gasteiger partial charge < -0.3 is 9.64 Å². The number of likely N-dealkylation sites (N-methyl/N-ethyl adjacent to an activating group) is 1. The van der Waals surface area contributed by atoms with Crippen LogP contribution in [0.2, 0.25) is 5.02 Å². The fraction of sp³-hybridized carbons (Fsp3) is 0.136. The molecule has 1 aromatic heterocycles. The number of amides is 1. The maximum absolute atomic E-state index is 12.1. The van der Waals surface area contributed by atoms with Gasteiger partial charge >= 0.3 is 5.97 Å². The van der Waals surface area contributed by atoms with Crippen LogP contribution < -0.4 is 0 Å². The monoisotopic (exact) mass is 394 g/mol. The number of pyridine rings is 1. The van der Waals surface area contributed by atoms with E-state index >= 15 is 0 Å². The zero-order valence-electron chi connectivity index (χ0n) is 15.3. The van der Waals surface area contributed by atoms with E-state index < -0.39 is 5.97 Å². The molecule has 0 spiro atoms. The Morgan fingerprint density at radius 3 is 2.75 bits per heavy atom. The molecule has 0 aliphatic rings. The van der Waals surface area contributed by atoms with Crippen molar-refractivity contribution in [2.24, 2.45) is 0 Å². The van der Waals surface area contributed by atoms with Crippen molar-refractivity contribution in [1.82, 2.24) is 9.88 Å². The lowest BCUT2D eigenvalue weighted by molar-refractivity contribution is -0.147. The first-order chi connectivity index (χ1) is 13.5. The molecule has 28 heavy (non-hydrogen) atoms. The molecule has 0 saturated heterocycles. The van der Waals surface area contributed by atoms with Gasteiger partial charge in [0.15, 0.2) is 6.61 Å². The number of carbonyl (C=O) groups is 2. The van der Waals surface area contributed by atoms with E-state index in [1.54, 1.807) is 25.3 Å². The highest BCUT2D eigenvalue weighted by atomic mass is 35.5. The Kier molecular flexibility index (Phi) is 6.40. The summed E-state index contributed by atoms with van der Waals surface area (Å²) in [5, 5.41) is 1.63. The van der Waals surface area contributed by atoms with Crippen LogP contribution in [0, 0.1) is 0 Å². The van der Waals surface area contributed by atoms with Gasteiger partial charge in [0, 0.05) is 30.1 Å². The van der Waals surface area contributed by atoms with Crippen LogP contribution in [0.3, 0.4) is 0 Å². The minimum atomic E-state index is -0.598. The number of para-hydroxylation sites is 1. The normalized spacial score (nSPS) is 10.9. The Morgan fingerprint density at radius 2 is 1.93 bits per heavy atom. The number of fused-ring (bicyclic) bond motifs is 1. The minimum absolute atomic E-state index is 0.300. The number of nitrogens with zero attached hydrogens (tertiary/aromatic N) is 2. The van der Waals surface area contributed by atoms with E-state index in [1.165, 1.54) is 11.0 Å². The van der Waals surface area contributed by atoms with Crippen molar-refractivity contribution >= 4 is 40.5 Å². The van der Waals surface area contributed by atoms with Gasteiger partial charge in [0.25, 0.3) is 5.91 Å². The van der Waals surface area contributed by atoms with Gasteiger partial charge in [0.1, 0.15) is 0 Å². The molecule has 6 heteroatoms. The molecule has 0 aliphatic heterocycles. The van der Waals surface area contributed by atoms with Crippen molar-refractivity contribution in [3.05, 3.63) is 83.0 Å². The Balaban J connectivity index is 1.51. The summed E-state index contributed by atoms with van der Waals surface area (Å²) < 4.78 is 5.02. The number of aromatic nitrogens is 1. The Bertz CT molecular complexity index is 1030. The fourth-order valence-electron chi connectivity index (χ4n) is 2.62. The molecule has 1 heterocycles. The number of halogens is 1.